The minimum Gasteiger partial charge on any atom is -0.497 e. The van der Waals surface area contributed by atoms with E-state index in [2.05, 4.69) is 15.1 Å². The third-order valence-corrected chi connectivity index (χ3v) is 6.54. The third kappa shape index (κ3) is 4.85. The van der Waals surface area contributed by atoms with Crippen molar-refractivity contribution in [1.82, 2.24) is 10.2 Å². The first-order valence-electron chi connectivity index (χ1n) is 8.56. The molecule has 2 fully saturated rings. The maximum absolute atomic E-state index is 12.1. The van der Waals surface area contributed by atoms with Gasteiger partial charge in [-0.15, -0.1) is 0 Å². The molecule has 1 atom stereocenters. The van der Waals surface area contributed by atoms with E-state index in [1.54, 1.807) is 7.11 Å². The van der Waals surface area contributed by atoms with Gasteiger partial charge >= 0.3 is 0 Å². The molecule has 7 nitrogen and oxygen atoms in total. The Hall–Kier alpha value is -1.80. The molecular formula is C17H25N3O4S. The summed E-state index contributed by atoms with van der Waals surface area (Å²) in [5.74, 6) is 1.01. The maximum Gasteiger partial charge on any atom is 0.234 e. The van der Waals surface area contributed by atoms with Crippen LogP contribution in [-0.2, 0) is 14.6 Å². The quantitative estimate of drug-likeness (QED) is 0.796. The lowest BCUT2D eigenvalue weighted by atomic mass is 10.2. The third-order valence-electron chi connectivity index (χ3n) is 4.77. The van der Waals surface area contributed by atoms with Gasteiger partial charge in [0.1, 0.15) is 5.75 Å². The van der Waals surface area contributed by atoms with E-state index in [1.807, 2.05) is 24.3 Å². The summed E-state index contributed by atoms with van der Waals surface area (Å²) in [5, 5.41) is 2.85. The molecule has 0 radical (unpaired) electrons. The molecule has 3 rings (SSSR count). The first-order valence-corrected chi connectivity index (χ1v) is 10.4. The van der Waals surface area contributed by atoms with Gasteiger partial charge in [0.15, 0.2) is 9.84 Å². The number of amides is 1. The lowest BCUT2D eigenvalue weighted by molar-refractivity contribution is -0.122. The van der Waals surface area contributed by atoms with E-state index >= 15 is 0 Å². The molecule has 0 spiro atoms. The molecule has 2 aliphatic heterocycles. The number of nitrogens with zero attached hydrogens (tertiary/aromatic N) is 2. The van der Waals surface area contributed by atoms with Crippen molar-refractivity contribution in [1.29, 1.82) is 0 Å². The monoisotopic (exact) mass is 367 g/mol. The Kier molecular flexibility index (Phi) is 5.48. The Labute approximate surface area is 148 Å². The van der Waals surface area contributed by atoms with Crippen molar-refractivity contribution in [2.24, 2.45) is 0 Å². The number of benzene rings is 1. The molecule has 0 bridgehead atoms. The van der Waals surface area contributed by atoms with Gasteiger partial charge in [-0.25, -0.2) is 8.42 Å². The lowest BCUT2D eigenvalue weighted by Gasteiger charge is -2.35. The highest BCUT2D eigenvalue weighted by molar-refractivity contribution is 7.91. The minimum absolute atomic E-state index is 0.0734. The summed E-state index contributed by atoms with van der Waals surface area (Å²) in [4.78, 5) is 16.5. The first kappa shape index (κ1) is 18.0. The SMILES string of the molecule is COc1ccc(N2CCN(CC(=O)N[C@@H]3CCS(=O)(=O)C3)CC2)cc1. The number of anilines is 1. The van der Waals surface area contributed by atoms with Gasteiger partial charge in [0.2, 0.25) is 5.91 Å². The average Bonchev–Trinajstić information content (AvgIpc) is 2.94. The van der Waals surface area contributed by atoms with Crippen LogP contribution < -0.4 is 15.0 Å². The zero-order valence-electron chi connectivity index (χ0n) is 14.5. The molecule has 0 saturated carbocycles. The fourth-order valence-corrected chi connectivity index (χ4v) is 5.02. The summed E-state index contributed by atoms with van der Waals surface area (Å²) < 4.78 is 28.1. The van der Waals surface area contributed by atoms with Gasteiger partial charge in [-0.3, -0.25) is 9.69 Å². The van der Waals surface area contributed by atoms with Crippen molar-refractivity contribution in [3.05, 3.63) is 24.3 Å². The number of ether oxygens (including phenoxy) is 1. The predicted octanol–water partition coefficient (Wildman–Crippen LogP) is 0.121. The fourth-order valence-electron chi connectivity index (χ4n) is 3.34. The maximum atomic E-state index is 12.1. The zero-order valence-corrected chi connectivity index (χ0v) is 15.3. The second-order valence-electron chi connectivity index (χ2n) is 6.63. The van der Waals surface area contributed by atoms with Crippen LogP contribution in [0.15, 0.2) is 24.3 Å². The van der Waals surface area contributed by atoms with E-state index in [9.17, 15) is 13.2 Å². The summed E-state index contributed by atoms with van der Waals surface area (Å²) in [6, 6.07) is 7.76. The first-order chi connectivity index (χ1) is 11.9. The molecule has 2 heterocycles. The van der Waals surface area contributed by atoms with Crippen molar-refractivity contribution in [2.45, 2.75) is 12.5 Å². The average molecular weight is 367 g/mol. The number of carbonyl (C=O) groups is 1. The van der Waals surface area contributed by atoms with Crippen LogP contribution in [-0.4, -0.2) is 76.6 Å². The molecule has 2 saturated heterocycles. The molecule has 1 amide bonds. The molecule has 1 aromatic rings. The predicted molar refractivity (Wildman–Crippen MR) is 96.8 cm³/mol. The fraction of sp³-hybridized carbons (Fsp3) is 0.588. The molecule has 0 aromatic heterocycles. The Morgan fingerprint density at radius 2 is 1.88 bits per heavy atom. The second kappa shape index (κ2) is 7.61. The highest BCUT2D eigenvalue weighted by atomic mass is 32.2. The van der Waals surface area contributed by atoms with Crippen LogP contribution in [0.1, 0.15) is 6.42 Å². The molecule has 8 heteroatoms. The standard InChI is InChI=1S/C17H25N3O4S/c1-24-16-4-2-15(3-5-16)20-9-7-19(8-10-20)12-17(21)18-14-6-11-25(22,23)13-14/h2-5,14H,6-13H2,1H3,(H,18,21)/t14-/m1/s1. The summed E-state index contributed by atoms with van der Waals surface area (Å²) in [5.41, 5.74) is 1.15. The van der Waals surface area contributed by atoms with Crippen LogP contribution in [0.3, 0.4) is 0 Å². The van der Waals surface area contributed by atoms with Crippen LogP contribution in [0.2, 0.25) is 0 Å². The number of carbonyl (C=O) groups excluding carboxylic acids is 1. The summed E-state index contributed by atoms with van der Waals surface area (Å²) in [6.07, 6.45) is 0.527. The van der Waals surface area contributed by atoms with Crippen LogP contribution in [0.5, 0.6) is 5.75 Å². The Morgan fingerprint density at radius 3 is 2.44 bits per heavy atom. The molecule has 1 aromatic carbocycles. The lowest BCUT2D eigenvalue weighted by Crippen LogP contribution is -2.50. The Balaban J connectivity index is 1.43. The van der Waals surface area contributed by atoms with Crippen LogP contribution in [0, 0.1) is 0 Å². The molecule has 1 N–H and O–H groups in total. The largest absolute Gasteiger partial charge is 0.497 e. The van der Waals surface area contributed by atoms with Crippen molar-refractivity contribution < 1.29 is 17.9 Å². The van der Waals surface area contributed by atoms with Gasteiger partial charge in [0, 0.05) is 37.9 Å². The zero-order chi connectivity index (χ0) is 17.9. The van der Waals surface area contributed by atoms with Gasteiger partial charge in [-0.1, -0.05) is 0 Å². The number of methoxy groups -OCH3 is 1. The topological polar surface area (TPSA) is 79.0 Å². The van der Waals surface area contributed by atoms with Crippen molar-refractivity contribution >= 4 is 21.4 Å². The normalized spacial score (nSPS) is 23.4. The smallest absolute Gasteiger partial charge is 0.234 e. The van der Waals surface area contributed by atoms with Gasteiger partial charge in [-0.2, -0.15) is 0 Å². The van der Waals surface area contributed by atoms with Crippen molar-refractivity contribution in [3.8, 4) is 5.75 Å². The number of sulfone groups is 1. The number of rotatable bonds is 5. The molecule has 0 unspecified atom stereocenters. The number of piperazine rings is 1. The highest BCUT2D eigenvalue weighted by Gasteiger charge is 2.29. The van der Waals surface area contributed by atoms with Crippen LogP contribution in [0.4, 0.5) is 5.69 Å². The number of nitrogens with one attached hydrogen (secondary N) is 1. The van der Waals surface area contributed by atoms with E-state index in [1.165, 1.54) is 0 Å². The van der Waals surface area contributed by atoms with E-state index < -0.39 is 9.84 Å². The minimum atomic E-state index is -2.96. The van der Waals surface area contributed by atoms with E-state index in [4.69, 9.17) is 4.74 Å². The highest BCUT2D eigenvalue weighted by Crippen LogP contribution is 2.20. The summed E-state index contributed by atoms with van der Waals surface area (Å²) in [7, 11) is -1.31. The molecule has 0 aliphatic carbocycles. The molecule has 25 heavy (non-hydrogen) atoms. The Bertz CT molecular complexity index is 697. The molecule has 138 valence electrons. The van der Waals surface area contributed by atoms with E-state index in [-0.39, 0.29) is 23.5 Å². The van der Waals surface area contributed by atoms with Gasteiger partial charge < -0.3 is 15.0 Å². The number of hydrogen-bond acceptors (Lipinski definition) is 6. The van der Waals surface area contributed by atoms with Crippen LogP contribution >= 0.6 is 0 Å². The second-order valence-corrected chi connectivity index (χ2v) is 8.86. The van der Waals surface area contributed by atoms with Gasteiger partial charge in [0.05, 0.1) is 25.2 Å². The van der Waals surface area contributed by atoms with E-state index in [0.717, 1.165) is 37.6 Å². The van der Waals surface area contributed by atoms with Gasteiger partial charge in [-0.05, 0) is 30.7 Å². The Morgan fingerprint density at radius 1 is 1.20 bits per heavy atom. The van der Waals surface area contributed by atoms with Crippen LogP contribution in [0.25, 0.3) is 0 Å². The van der Waals surface area contributed by atoms with Crippen molar-refractivity contribution in [3.63, 3.8) is 0 Å². The number of hydrogen-bond donors (Lipinski definition) is 1. The van der Waals surface area contributed by atoms with Crippen molar-refractivity contribution in [2.75, 3.05) is 56.2 Å². The molecule has 2 aliphatic rings. The summed E-state index contributed by atoms with van der Waals surface area (Å²) in [6.45, 7) is 3.66. The summed E-state index contributed by atoms with van der Waals surface area (Å²) >= 11 is 0. The molecular weight excluding hydrogens is 342 g/mol. The van der Waals surface area contributed by atoms with E-state index in [0.29, 0.717) is 13.0 Å². The van der Waals surface area contributed by atoms with Gasteiger partial charge in [0.25, 0.3) is 0 Å².